The van der Waals surface area contributed by atoms with Crippen molar-refractivity contribution in [3.63, 3.8) is 0 Å². The van der Waals surface area contributed by atoms with Crippen molar-refractivity contribution in [2.45, 2.75) is 73.6 Å². The van der Waals surface area contributed by atoms with Gasteiger partial charge in [0, 0.05) is 36.0 Å². The zero-order chi connectivity index (χ0) is 24.0. The summed E-state index contributed by atoms with van der Waals surface area (Å²) in [4.78, 5) is 24.7. The fraction of sp³-hybridized carbons (Fsp3) is 0.500. The van der Waals surface area contributed by atoms with Crippen LogP contribution >= 0.6 is 0 Å². The number of aromatic amines is 1. The highest BCUT2D eigenvalue weighted by molar-refractivity contribution is 6.02. The minimum absolute atomic E-state index is 0.102. The molecule has 1 atom stereocenters. The molecule has 0 aliphatic heterocycles. The van der Waals surface area contributed by atoms with E-state index in [4.69, 9.17) is 4.74 Å². The number of hydrogen-bond acceptors (Lipinski definition) is 4. The number of aromatic nitrogens is 2. The Morgan fingerprint density at radius 3 is 2.56 bits per heavy atom. The third-order valence-corrected chi connectivity index (χ3v) is 5.70. The highest BCUT2D eigenvalue weighted by atomic mass is 19.1. The maximum absolute atomic E-state index is 15.6. The van der Waals surface area contributed by atoms with Crippen molar-refractivity contribution < 1.29 is 13.9 Å². The number of aliphatic imine (C=N–C) groups is 1. The minimum Gasteiger partial charge on any atom is -0.418 e. The molecule has 2 aromatic heterocycles. The predicted octanol–water partition coefficient (Wildman–Crippen LogP) is 6.68. The molecule has 0 fully saturated rings. The maximum Gasteiger partial charge on any atom is 0.258 e. The first-order chi connectivity index (χ1) is 15.3. The number of ketones is 1. The summed E-state index contributed by atoms with van der Waals surface area (Å²) in [5, 5.41) is 0. The predicted molar refractivity (Wildman–Crippen MR) is 129 cm³/mol. The molecule has 0 amide bonds. The van der Waals surface area contributed by atoms with Gasteiger partial charge in [0.05, 0.1) is 5.69 Å². The average molecular weight is 442 g/mol. The monoisotopic (exact) mass is 441 g/mol. The molecule has 5 nitrogen and oxygen atoms in total. The second-order valence-electron chi connectivity index (χ2n) is 8.04. The lowest BCUT2D eigenvalue weighted by molar-refractivity contribution is 0.0937. The Balaban J connectivity index is 0.00000176. The van der Waals surface area contributed by atoms with Crippen molar-refractivity contribution in [2.24, 2.45) is 10.9 Å². The van der Waals surface area contributed by atoms with Crippen LogP contribution in [-0.4, -0.2) is 28.7 Å². The summed E-state index contributed by atoms with van der Waals surface area (Å²) < 4.78 is 21.2. The van der Waals surface area contributed by atoms with Gasteiger partial charge in [-0.1, -0.05) is 47.6 Å². The Morgan fingerprint density at radius 2 is 2.00 bits per heavy atom. The molecule has 174 valence electrons. The first kappa shape index (κ1) is 25.5. The van der Waals surface area contributed by atoms with E-state index >= 15 is 4.39 Å². The van der Waals surface area contributed by atoms with Gasteiger partial charge in [0.25, 0.3) is 5.88 Å². The topological polar surface area (TPSA) is 67.3 Å². The van der Waals surface area contributed by atoms with Crippen LogP contribution in [0.15, 0.2) is 23.3 Å². The van der Waals surface area contributed by atoms with Gasteiger partial charge in [-0.05, 0) is 49.3 Å². The van der Waals surface area contributed by atoms with Crippen molar-refractivity contribution in [1.29, 1.82) is 0 Å². The fourth-order valence-corrected chi connectivity index (χ4v) is 3.86. The quantitative estimate of drug-likeness (QED) is 0.309. The molecule has 32 heavy (non-hydrogen) atoms. The lowest BCUT2D eigenvalue weighted by atomic mass is 9.85. The molecule has 2 aromatic rings. The van der Waals surface area contributed by atoms with E-state index in [-0.39, 0.29) is 29.4 Å². The number of halogens is 1. The van der Waals surface area contributed by atoms with Gasteiger partial charge in [-0.3, -0.25) is 9.79 Å². The van der Waals surface area contributed by atoms with Gasteiger partial charge < -0.3 is 9.72 Å². The number of H-pyrrole nitrogens is 1. The fourth-order valence-electron chi connectivity index (χ4n) is 3.86. The molecule has 1 aliphatic rings. The van der Waals surface area contributed by atoms with E-state index in [1.54, 1.807) is 25.4 Å². The summed E-state index contributed by atoms with van der Waals surface area (Å²) in [5.74, 6) is -0.213. The molecule has 6 heteroatoms. The number of pyridine rings is 1. The van der Waals surface area contributed by atoms with E-state index in [2.05, 4.69) is 28.8 Å². The SMILES string of the molecule is C/C=C\C(=NC)Oc1ncc2c(c1F)-c1[nH]c(C(C)CC)c(C(=O)C(C)C)c1CC2.CC. The normalized spacial score (nSPS) is 14.0. The first-order valence-corrected chi connectivity index (χ1v) is 11.6. The molecule has 2 heterocycles. The number of nitrogens with zero attached hydrogens (tertiary/aromatic N) is 2. The highest BCUT2D eigenvalue weighted by Gasteiger charge is 2.32. The molecule has 1 N–H and O–H groups in total. The van der Waals surface area contributed by atoms with Crippen LogP contribution in [0.1, 0.15) is 88.0 Å². The second-order valence-corrected chi connectivity index (χ2v) is 8.04. The molecule has 0 radical (unpaired) electrons. The third-order valence-electron chi connectivity index (χ3n) is 5.70. The maximum atomic E-state index is 15.6. The van der Waals surface area contributed by atoms with E-state index in [0.717, 1.165) is 28.8 Å². The summed E-state index contributed by atoms with van der Waals surface area (Å²) >= 11 is 0. The van der Waals surface area contributed by atoms with Crippen molar-refractivity contribution in [1.82, 2.24) is 9.97 Å². The number of carbonyl (C=O) groups excluding carboxylic acids is 1. The second kappa shape index (κ2) is 11.2. The highest BCUT2D eigenvalue weighted by Crippen LogP contribution is 2.42. The van der Waals surface area contributed by atoms with Crippen LogP contribution in [0, 0.1) is 11.7 Å². The van der Waals surface area contributed by atoms with Crippen LogP contribution in [0.2, 0.25) is 0 Å². The van der Waals surface area contributed by atoms with Crippen LogP contribution in [0.25, 0.3) is 11.3 Å². The van der Waals surface area contributed by atoms with Crippen LogP contribution in [0.5, 0.6) is 5.88 Å². The molecule has 0 saturated heterocycles. The number of Topliss-reactive ketones (excluding diaryl/α,β-unsaturated/α-hetero) is 1. The number of aryl methyl sites for hydroxylation is 1. The summed E-state index contributed by atoms with van der Waals surface area (Å²) in [7, 11) is 1.58. The van der Waals surface area contributed by atoms with Crippen molar-refractivity contribution >= 4 is 11.7 Å². The summed E-state index contributed by atoms with van der Waals surface area (Å²) in [6, 6.07) is 0. The Hall–Kier alpha value is -2.76. The van der Waals surface area contributed by atoms with Gasteiger partial charge in [-0.25, -0.2) is 9.37 Å². The summed E-state index contributed by atoms with van der Waals surface area (Å²) in [6.45, 7) is 13.8. The molecule has 0 spiro atoms. The Bertz CT molecular complexity index is 1020. The molecule has 0 saturated carbocycles. The Morgan fingerprint density at radius 1 is 1.31 bits per heavy atom. The number of ether oxygens (including phenoxy) is 1. The number of hydrogen-bond donors (Lipinski definition) is 1. The average Bonchev–Trinajstić information content (AvgIpc) is 3.19. The zero-order valence-corrected chi connectivity index (χ0v) is 20.6. The summed E-state index contributed by atoms with van der Waals surface area (Å²) in [6.07, 6.45) is 7.28. The molecule has 0 aromatic carbocycles. The van der Waals surface area contributed by atoms with Crippen molar-refractivity contribution in [3.8, 4) is 17.1 Å². The van der Waals surface area contributed by atoms with Crippen LogP contribution in [-0.2, 0) is 12.8 Å². The lowest BCUT2D eigenvalue weighted by Crippen LogP contribution is -2.15. The third kappa shape index (κ3) is 4.84. The van der Waals surface area contributed by atoms with Crippen LogP contribution in [0.3, 0.4) is 0 Å². The van der Waals surface area contributed by atoms with E-state index in [1.807, 2.05) is 34.6 Å². The lowest BCUT2D eigenvalue weighted by Gasteiger charge is -2.19. The standard InChI is InChI=1S/C24H30FN3O2.C2H6/c1-7-9-17(26-6)30-24-20(25)18-15(12-27-24)10-11-16-19(23(29)13(3)4)21(14(5)8-2)28-22(16)18;1-2/h7,9,12-14,28H,8,10-11H2,1-6H3;1-2H3/b9-7-,26-17?;. The number of allylic oxidation sites excluding steroid dienone is 1. The van der Waals surface area contributed by atoms with Gasteiger partial charge in [0.15, 0.2) is 11.6 Å². The smallest absolute Gasteiger partial charge is 0.258 e. The largest absolute Gasteiger partial charge is 0.418 e. The van der Waals surface area contributed by atoms with Crippen molar-refractivity contribution in [2.75, 3.05) is 7.05 Å². The van der Waals surface area contributed by atoms with Gasteiger partial charge in [-0.2, -0.15) is 0 Å². The number of nitrogens with one attached hydrogen (secondary N) is 1. The minimum atomic E-state index is -0.528. The van der Waals surface area contributed by atoms with Gasteiger partial charge in [0.2, 0.25) is 5.90 Å². The zero-order valence-electron chi connectivity index (χ0n) is 20.6. The van der Waals surface area contributed by atoms with Crippen LogP contribution in [0.4, 0.5) is 4.39 Å². The molecule has 0 bridgehead atoms. The van der Waals surface area contributed by atoms with E-state index < -0.39 is 5.82 Å². The molecule has 3 rings (SSSR count). The van der Waals surface area contributed by atoms with Gasteiger partial charge >= 0.3 is 0 Å². The molecular weight excluding hydrogens is 405 g/mol. The molecule has 1 aliphatic carbocycles. The van der Waals surface area contributed by atoms with Crippen LogP contribution < -0.4 is 4.74 Å². The number of carbonyl (C=O) groups is 1. The first-order valence-electron chi connectivity index (χ1n) is 11.6. The Kier molecular flexibility index (Phi) is 8.93. The van der Waals surface area contributed by atoms with E-state index in [9.17, 15) is 4.79 Å². The Labute approximate surface area is 191 Å². The number of fused-ring (bicyclic) bond motifs is 3. The van der Waals surface area contributed by atoms with Crippen molar-refractivity contribution in [3.05, 3.63) is 46.6 Å². The summed E-state index contributed by atoms with van der Waals surface area (Å²) in [5.41, 5.74) is 4.49. The number of rotatable bonds is 6. The molecular formula is C26H36FN3O2. The van der Waals surface area contributed by atoms with E-state index in [1.165, 1.54) is 0 Å². The molecule has 1 unspecified atom stereocenters. The van der Waals surface area contributed by atoms with Gasteiger partial charge in [0.1, 0.15) is 0 Å². The van der Waals surface area contributed by atoms with Gasteiger partial charge in [-0.15, -0.1) is 0 Å². The van der Waals surface area contributed by atoms with E-state index in [0.29, 0.717) is 24.1 Å².